The first-order valence-electron chi connectivity index (χ1n) is 10.7. The summed E-state index contributed by atoms with van der Waals surface area (Å²) in [5.74, 6) is 0.643. The third kappa shape index (κ3) is 4.85. The minimum absolute atomic E-state index is 0.0192. The molecule has 1 amide bonds. The van der Waals surface area contributed by atoms with Crippen molar-refractivity contribution in [3.8, 4) is 5.75 Å². The Morgan fingerprint density at radius 3 is 2.42 bits per heavy atom. The summed E-state index contributed by atoms with van der Waals surface area (Å²) < 4.78 is 38.8. The quantitative estimate of drug-likeness (QED) is 0.619. The molecule has 1 aliphatic carbocycles. The maximum Gasteiger partial charge on any atom is 0.261 e. The van der Waals surface area contributed by atoms with Crippen LogP contribution in [0.2, 0.25) is 0 Å². The van der Waals surface area contributed by atoms with E-state index in [4.69, 9.17) is 9.47 Å². The van der Waals surface area contributed by atoms with E-state index in [1.165, 1.54) is 12.1 Å². The first-order valence-corrected chi connectivity index (χ1v) is 12.2. The standard InChI is InChI=1S/C23H28N2O5S/c1-2-29-19-9-11-21(12-10-19)31(27,28)25-18-7-5-17(6-8-18)23(13-14-23)22(26)24-16-20-4-3-15-30-20/h5-12,20,25H,2-4,13-16H2,1H3,(H,24,26)/t20-/m1/s1. The van der Waals surface area contributed by atoms with Gasteiger partial charge in [0.05, 0.1) is 23.0 Å². The van der Waals surface area contributed by atoms with E-state index in [1.807, 2.05) is 19.1 Å². The molecule has 2 N–H and O–H groups in total. The Bertz CT molecular complexity index is 1010. The molecule has 1 heterocycles. The summed E-state index contributed by atoms with van der Waals surface area (Å²) in [5.41, 5.74) is 0.847. The monoisotopic (exact) mass is 444 g/mol. The molecule has 1 aliphatic heterocycles. The van der Waals surface area contributed by atoms with Crippen molar-refractivity contribution in [2.45, 2.75) is 49.0 Å². The lowest BCUT2D eigenvalue weighted by molar-refractivity contribution is -0.124. The lowest BCUT2D eigenvalue weighted by atomic mass is 9.94. The lowest BCUT2D eigenvalue weighted by Crippen LogP contribution is -2.39. The second kappa shape index (κ2) is 8.88. The Balaban J connectivity index is 1.40. The second-order valence-electron chi connectivity index (χ2n) is 8.01. The molecule has 0 unspecified atom stereocenters. The molecule has 2 fully saturated rings. The summed E-state index contributed by atoms with van der Waals surface area (Å²) in [6.07, 6.45) is 3.72. The van der Waals surface area contributed by atoms with Crippen molar-refractivity contribution in [3.63, 3.8) is 0 Å². The van der Waals surface area contributed by atoms with E-state index in [-0.39, 0.29) is 16.9 Å². The maximum atomic E-state index is 12.8. The van der Waals surface area contributed by atoms with E-state index in [1.54, 1.807) is 24.3 Å². The van der Waals surface area contributed by atoms with Gasteiger partial charge in [-0.1, -0.05) is 12.1 Å². The summed E-state index contributed by atoms with van der Waals surface area (Å²) in [6, 6.07) is 13.4. The van der Waals surface area contributed by atoms with Gasteiger partial charge >= 0.3 is 0 Å². The van der Waals surface area contributed by atoms with Crippen molar-refractivity contribution in [2.75, 3.05) is 24.5 Å². The van der Waals surface area contributed by atoms with Crippen LogP contribution < -0.4 is 14.8 Å². The normalized spacial score (nSPS) is 19.6. The zero-order valence-electron chi connectivity index (χ0n) is 17.6. The molecular weight excluding hydrogens is 416 g/mol. The predicted octanol–water partition coefficient (Wildman–Crippen LogP) is 3.21. The summed E-state index contributed by atoms with van der Waals surface area (Å²) in [7, 11) is -3.71. The molecule has 8 heteroatoms. The SMILES string of the molecule is CCOc1ccc(S(=O)(=O)Nc2ccc(C3(C(=O)NC[C@H]4CCCO4)CC3)cc2)cc1. The molecule has 0 spiro atoms. The number of anilines is 1. The number of amides is 1. The highest BCUT2D eigenvalue weighted by molar-refractivity contribution is 7.92. The third-order valence-electron chi connectivity index (χ3n) is 5.83. The molecule has 0 aromatic heterocycles. The van der Waals surface area contributed by atoms with Crippen LogP contribution in [0.25, 0.3) is 0 Å². The average molecular weight is 445 g/mol. The number of carbonyl (C=O) groups is 1. The van der Waals surface area contributed by atoms with Gasteiger partial charge in [-0.25, -0.2) is 8.42 Å². The van der Waals surface area contributed by atoms with Gasteiger partial charge in [-0.15, -0.1) is 0 Å². The summed E-state index contributed by atoms with van der Waals surface area (Å²) >= 11 is 0. The number of ether oxygens (including phenoxy) is 2. The Kier molecular flexibility index (Phi) is 6.20. The van der Waals surface area contributed by atoms with Crippen LogP contribution in [0.4, 0.5) is 5.69 Å². The summed E-state index contributed by atoms with van der Waals surface area (Å²) in [4.78, 5) is 12.9. The van der Waals surface area contributed by atoms with Crippen molar-refractivity contribution in [2.24, 2.45) is 0 Å². The number of hydrogen-bond donors (Lipinski definition) is 2. The molecule has 1 saturated heterocycles. The summed E-state index contributed by atoms with van der Waals surface area (Å²) in [5, 5.41) is 3.03. The topological polar surface area (TPSA) is 93.7 Å². The van der Waals surface area contributed by atoms with Crippen LogP contribution in [0.3, 0.4) is 0 Å². The molecule has 1 atom stereocenters. The Morgan fingerprint density at radius 1 is 1.13 bits per heavy atom. The van der Waals surface area contributed by atoms with Crippen LogP contribution in [0.15, 0.2) is 53.4 Å². The molecule has 2 aliphatic rings. The zero-order chi connectivity index (χ0) is 21.9. The first-order chi connectivity index (χ1) is 14.9. The highest BCUT2D eigenvalue weighted by Gasteiger charge is 2.51. The average Bonchev–Trinajstić information content (AvgIpc) is 3.41. The smallest absolute Gasteiger partial charge is 0.261 e. The molecule has 0 radical (unpaired) electrons. The molecule has 1 saturated carbocycles. The fraction of sp³-hybridized carbons (Fsp3) is 0.435. The second-order valence-corrected chi connectivity index (χ2v) is 9.70. The van der Waals surface area contributed by atoms with E-state index >= 15 is 0 Å². The zero-order valence-corrected chi connectivity index (χ0v) is 18.4. The first kappa shape index (κ1) is 21.6. The van der Waals surface area contributed by atoms with Gasteiger partial charge in [0.15, 0.2) is 0 Å². The van der Waals surface area contributed by atoms with Crippen molar-refractivity contribution in [1.82, 2.24) is 5.32 Å². The Morgan fingerprint density at radius 2 is 1.84 bits per heavy atom. The molecule has 0 bridgehead atoms. The van der Waals surface area contributed by atoms with E-state index in [2.05, 4.69) is 10.0 Å². The fourth-order valence-electron chi connectivity index (χ4n) is 3.91. The van der Waals surface area contributed by atoms with Crippen LogP contribution in [-0.2, 0) is 25.0 Å². The van der Waals surface area contributed by atoms with Gasteiger partial charge in [0.2, 0.25) is 5.91 Å². The van der Waals surface area contributed by atoms with Crippen molar-refractivity contribution in [1.29, 1.82) is 0 Å². The van der Waals surface area contributed by atoms with Crippen LogP contribution in [-0.4, -0.2) is 40.2 Å². The van der Waals surface area contributed by atoms with Crippen molar-refractivity contribution >= 4 is 21.6 Å². The van der Waals surface area contributed by atoms with Gasteiger partial charge in [-0.05, 0) is 74.6 Å². The van der Waals surface area contributed by atoms with Gasteiger partial charge in [-0.2, -0.15) is 0 Å². The molecule has 166 valence electrons. The minimum Gasteiger partial charge on any atom is -0.494 e. The van der Waals surface area contributed by atoms with Crippen LogP contribution in [0.1, 0.15) is 38.2 Å². The summed E-state index contributed by atoms with van der Waals surface area (Å²) in [6.45, 7) is 3.69. The molecular formula is C23H28N2O5S. The number of benzene rings is 2. The minimum atomic E-state index is -3.71. The maximum absolute atomic E-state index is 12.8. The van der Waals surface area contributed by atoms with Crippen LogP contribution in [0.5, 0.6) is 5.75 Å². The third-order valence-corrected chi connectivity index (χ3v) is 7.23. The van der Waals surface area contributed by atoms with E-state index < -0.39 is 15.4 Å². The number of sulfonamides is 1. The van der Waals surface area contributed by atoms with E-state index in [0.29, 0.717) is 24.6 Å². The predicted molar refractivity (Wildman–Crippen MR) is 118 cm³/mol. The van der Waals surface area contributed by atoms with E-state index in [9.17, 15) is 13.2 Å². The van der Waals surface area contributed by atoms with Crippen LogP contribution in [0, 0.1) is 0 Å². The molecule has 4 rings (SSSR count). The highest BCUT2D eigenvalue weighted by Crippen LogP contribution is 2.48. The number of nitrogens with one attached hydrogen (secondary N) is 2. The van der Waals surface area contributed by atoms with Gasteiger partial charge < -0.3 is 14.8 Å². The van der Waals surface area contributed by atoms with Gasteiger partial charge in [0.1, 0.15) is 5.75 Å². The Hall–Kier alpha value is -2.58. The molecule has 31 heavy (non-hydrogen) atoms. The van der Waals surface area contributed by atoms with Gasteiger partial charge in [0.25, 0.3) is 10.0 Å². The van der Waals surface area contributed by atoms with Gasteiger partial charge in [0, 0.05) is 18.8 Å². The van der Waals surface area contributed by atoms with Crippen molar-refractivity contribution in [3.05, 3.63) is 54.1 Å². The Labute approximate surface area is 183 Å². The highest BCUT2D eigenvalue weighted by atomic mass is 32.2. The molecule has 7 nitrogen and oxygen atoms in total. The number of rotatable bonds is 9. The lowest BCUT2D eigenvalue weighted by Gasteiger charge is -2.18. The number of carbonyl (C=O) groups excluding carboxylic acids is 1. The van der Waals surface area contributed by atoms with Gasteiger partial charge in [-0.3, -0.25) is 9.52 Å². The van der Waals surface area contributed by atoms with Crippen LogP contribution >= 0.6 is 0 Å². The van der Waals surface area contributed by atoms with Crippen molar-refractivity contribution < 1.29 is 22.7 Å². The largest absolute Gasteiger partial charge is 0.494 e. The van der Waals surface area contributed by atoms with E-state index in [0.717, 1.165) is 37.9 Å². The molecule has 2 aromatic rings. The molecule has 2 aromatic carbocycles. The fourth-order valence-corrected chi connectivity index (χ4v) is 4.96. The number of hydrogen-bond acceptors (Lipinski definition) is 5.